The monoisotopic (exact) mass is 375 g/mol. The highest BCUT2D eigenvalue weighted by Gasteiger charge is 2.10. The summed E-state index contributed by atoms with van der Waals surface area (Å²) in [6.07, 6.45) is 0. The number of carbonyl (C=O) groups excluding carboxylic acids is 2. The highest BCUT2D eigenvalue weighted by molar-refractivity contribution is 6.04. The van der Waals surface area contributed by atoms with Crippen LogP contribution in [0.5, 0.6) is 11.5 Å². The second-order valence-electron chi connectivity index (χ2n) is 6.23. The summed E-state index contributed by atoms with van der Waals surface area (Å²) in [5.74, 6) is 0.802. The van der Waals surface area contributed by atoms with E-state index in [0.717, 1.165) is 11.3 Å². The van der Waals surface area contributed by atoms with Gasteiger partial charge in [-0.3, -0.25) is 9.59 Å². The smallest absolute Gasteiger partial charge is 0.255 e. The summed E-state index contributed by atoms with van der Waals surface area (Å²) in [5.41, 5.74) is 2.69. The molecule has 142 valence electrons. The summed E-state index contributed by atoms with van der Waals surface area (Å²) < 4.78 is 11.1. The quantitative estimate of drug-likeness (QED) is 0.607. The van der Waals surface area contributed by atoms with Crippen LogP contribution < -0.4 is 14.8 Å². The molecule has 0 atom stereocenters. The zero-order valence-electron chi connectivity index (χ0n) is 15.8. The summed E-state index contributed by atoms with van der Waals surface area (Å²) in [5, 5.41) is 2.86. The van der Waals surface area contributed by atoms with Crippen LogP contribution in [0.4, 0.5) is 5.69 Å². The van der Waals surface area contributed by atoms with Gasteiger partial charge in [0.25, 0.3) is 5.91 Å². The lowest BCUT2D eigenvalue weighted by Gasteiger charge is -2.12. The predicted molar refractivity (Wildman–Crippen MR) is 108 cm³/mol. The Hall–Kier alpha value is -3.60. The lowest BCUT2D eigenvalue weighted by Crippen LogP contribution is -2.12. The van der Waals surface area contributed by atoms with Gasteiger partial charge in [-0.2, -0.15) is 0 Å². The fourth-order valence-electron chi connectivity index (χ4n) is 2.69. The molecule has 0 aliphatic rings. The average Bonchev–Trinajstić information content (AvgIpc) is 2.73. The Morgan fingerprint density at radius 1 is 0.857 bits per heavy atom. The van der Waals surface area contributed by atoms with Crippen molar-refractivity contribution in [1.82, 2.24) is 0 Å². The molecule has 28 heavy (non-hydrogen) atoms. The number of methoxy groups -OCH3 is 1. The number of Topliss-reactive ketones (excluding diaryl/α,β-unsaturated/α-hetero) is 1. The second kappa shape index (κ2) is 8.86. The van der Waals surface area contributed by atoms with E-state index in [9.17, 15) is 9.59 Å². The van der Waals surface area contributed by atoms with Gasteiger partial charge >= 0.3 is 0 Å². The van der Waals surface area contributed by atoms with Crippen LogP contribution in [-0.4, -0.2) is 18.8 Å². The molecule has 0 saturated heterocycles. The van der Waals surface area contributed by atoms with Crippen molar-refractivity contribution in [2.45, 2.75) is 13.5 Å². The van der Waals surface area contributed by atoms with Gasteiger partial charge in [-0.05, 0) is 55.0 Å². The van der Waals surface area contributed by atoms with Crippen molar-refractivity contribution in [3.05, 3.63) is 89.5 Å². The van der Waals surface area contributed by atoms with Crippen molar-refractivity contribution in [1.29, 1.82) is 0 Å². The molecule has 5 nitrogen and oxygen atoms in total. The van der Waals surface area contributed by atoms with E-state index in [2.05, 4.69) is 5.32 Å². The number of amides is 1. The molecule has 1 amide bonds. The van der Waals surface area contributed by atoms with Gasteiger partial charge in [0.15, 0.2) is 17.3 Å². The third kappa shape index (κ3) is 4.76. The molecule has 3 rings (SSSR count). The summed E-state index contributed by atoms with van der Waals surface area (Å²) in [4.78, 5) is 23.9. The number of hydrogen-bond donors (Lipinski definition) is 1. The molecule has 3 aromatic carbocycles. The first-order valence-corrected chi connectivity index (χ1v) is 8.84. The molecular formula is C23H21NO4. The molecule has 0 aromatic heterocycles. The molecule has 0 aliphatic carbocycles. The maximum absolute atomic E-state index is 12.4. The molecule has 0 heterocycles. The van der Waals surface area contributed by atoms with Gasteiger partial charge in [-0.15, -0.1) is 0 Å². The highest BCUT2D eigenvalue weighted by Crippen LogP contribution is 2.29. The third-order valence-electron chi connectivity index (χ3n) is 4.19. The zero-order valence-corrected chi connectivity index (χ0v) is 15.8. The topological polar surface area (TPSA) is 64.6 Å². The predicted octanol–water partition coefficient (Wildman–Crippen LogP) is 4.73. The van der Waals surface area contributed by atoms with Crippen molar-refractivity contribution >= 4 is 17.4 Å². The molecule has 0 fully saturated rings. The maximum Gasteiger partial charge on any atom is 0.255 e. The Morgan fingerprint density at radius 3 is 2.36 bits per heavy atom. The van der Waals surface area contributed by atoms with E-state index in [1.54, 1.807) is 30.3 Å². The van der Waals surface area contributed by atoms with Gasteiger partial charge in [-0.1, -0.05) is 30.3 Å². The number of carbonyl (C=O) groups is 2. The first kappa shape index (κ1) is 19.2. The highest BCUT2D eigenvalue weighted by atomic mass is 16.5. The van der Waals surface area contributed by atoms with Crippen LogP contribution in [0, 0.1) is 0 Å². The molecule has 0 saturated carbocycles. The summed E-state index contributed by atoms with van der Waals surface area (Å²) in [6.45, 7) is 1.77. The molecular weight excluding hydrogens is 354 g/mol. The van der Waals surface area contributed by atoms with Crippen LogP contribution in [0.15, 0.2) is 72.8 Å². The van der Waals surface area contributed by atoms with Gasteiger partial charge in [0.1, 0.15) is 6.61 Å². The van der Waals surface area contributed by atoms with Crippen molar-refractivity contribution in [3.63, 3.8) is 0 Å². The molecule has 0 bridgehead atoms. The lowest BCUT2D eigenvalue weighted by atomic mass is 10.1. The van der Waals surface area contributed by atoms with Gasteiger partial charge in [0.05, 0.1) is 7.11 Å². The Kier molecular flexibility index (Phi) is 6.07. The SMILES string of the molecule is COc1cc(C(C)=O)ccc1OCc1cccc(C(=O)Nc2ccccc2)c1. The fourth-order valence-corrected chi connectivity index (χ4v) is 2.69. The number of benzene rings is 3. The number of ketones is 1. The molecule has 5 heteroatoms. The minimum Gasteiger partial charge on any atom is -0.493 e. The van der Waals surface area contributed by atoms with E-state index in [1.807, 2.05) is 42.5 Å². The van der Waals surface area contributed by atoms with Gasteiger partial charge in [0, 0.05) is 16.8 Å². The van der Waals surface area contributed by atoms with E-state index in [1.165, 1.54) is 14.0 Å². The number of rotatable bonds is 7. The molecule has 0 radical (unpaired) electrons. The lowest BCUT2D eigenvalue weighted by molar-refractivity contribution is 0.101. The average molecular weight is 375 g/mol. The van der Waals surface area contributed by atoms with E-state index < -0.39 is 0 Å². The fraction of sp³-hybridized carbons (Fsp3) is 0.130. The Balaban J connectivity index is 1.70. The normalized spacial score (nSPS) is 10.2. The van der Waals surface area contributed by atoms with Gasteiger partial charge < -0.3 is 14.8 Å². The van der Waals surface area contributed by atoms with Crippen LogP contribution in [-0.2, 0) is 6.61 Å². The Bertz CT molecular complexity index is 983. The number of para-hydroxylation sites is 1. The number of anilines is 1. The van der Waals surface area contributed by atoms with Crippen LogP contribution in [0.25, 0.3) is 0 Å². The van der Waals surface area contributed by atoms with Gasteiger partial charge in [0.2, 0.25) is 0 Å². The summed E-state index contributed by atoms with van der Waals surface area (Å²) in [6, 6.07) is 21.6. The number of ether oxygens (including phenoxy) is 2. The maximum atomic E-state index is 12.4. The molecule has 1 N–H and O–H groups in total. The standard InChI is InChI=1S/C23H21NO4/c1-16(25)18-11-12-21(22(14-18)27-2)28-15-17-7-6-8-19(13-17)23(26)24-20-9-4-3-5-10-20/h3-14H,15H2,1-2H3,(H,24,26). The Labute approximate surface area is 163 Å². The largest absolute Gasteiger partial charge is 0.493 e. The van der Waals surface area contributed by atoms with Crippen LogP contribution >= 0.6 is 0 Å². The van der Waals surface area contributed by atoms with Crippen LogP contribution in [0.3, 0.4) is 0 Å². The summed E-state index contributed by atoms with van der Waals surface area (Å²) in [7, 11) is 1.53. The molecule has 0 unspecified atom stereocenters. The van der Waals surface area contributed by atoms with E-state index in [0.29, 0.717) is 22.6 Å². The first-order chi connectivity index (χ1) is 13.6. The van der Waals surface area contributed by atoms with Crippen molar-refractivity contribution in [2.24, 2.45) is 0 Å². The third-order valence-corrected chi connectivity index (χ3v) is 4.19. The zero-order chi connectivity index (χ0) is 19.9. The molecule has 3 aromatic rings. The van der Waals surface area contributed by atoms with E-state index in [4.69, 9.17) is 9.47 Å². The first-order valence-electron chi connectivity index (χ1n) is 8.84. The van der Waals surface area contributed by atoms with Crippen molar-refractivity contribution < 1.29 is 19.1 Å². The summed E-state index contributed by atoms with van der Waals surface area (Å²) >= 11 is 0. The second-order valence-corrected chi connectivity index (χ2v) is 6.23. The van der Waals surface area contributed by atoms with Gasteiger partial charge in [-0.25, -0.2) is 0 Å². The van der Waals surface area contributed by atoms with E-state index >= 15 is 0 Å². The van der Waals surface area contributed by atoms with Crippen molar-refractivity contribution in [3.8, 4) is 11.5 Å². The minimum atomic E-state index is -0.184. The van der Waals surface area contributed by atoms with Crippen LogP contribution in [0.1, 0.15) is 33.2 Å². The minimum absolute atomic E-state index is 0.0398. The van der Waals surface area contributed by atoms with E-state index in [-0.39, 0.29) is 18.3 Å². The number of nitrogens with one attached hydrogen (secondary N) is 1. The molecule has 0 aliphatic heterocycles. The van der Waals surface area contributed by atoms with Crippen molar-refractivity contribution in [2.75, 3.05) is 12.4 Å². The van der Waals surface area contributed by atoms with Crippen LogP contribution in [0.2, 0.25) is 0 Å². The number of hydrogen-bond acceptors (Lipinski definition) is 4. The molecule has 0 spiro atoms. The Morgan fingerprint density at radius 2 is 1.64 bits per heavy atom.